The molecule has 1 aliphatic carbocycles. The Kier molecular flexibility index (Phi) is 6.57. The Labute approximate surface area is 170 Å². The zero-order valence-electron chi connectivity index (χ0n) is 16.0. The second kappa shape index (κ2) is 9.11. The molecular formula is C22H24ClNO4. The summed E-state index contributed by atoms with van der Waals surface area (Å²) in [4.78, 5) is 24.8. The van der Waals surface area contributed by atoms with E-state index in [1.807, 2.05) is 18.2 Å². The van der Waals surface area contributed by atoms with Gasteiger partial charge in [-0.3, -0.25) is 9.59 Å². The number of hydrogen-bond donors (Lipinski definition) is 1. The van der Waals surface area contributed by atoms with Gasteiger partial charge in [-0.2, -0.15) is 0 Å². The van der Waals surface area contributed by atoms with Crippen LogP contribution < -0.4 is 10.1 Å². The summed E-state index contributed by atoms with van der Waals surface area (Å²) < 4.78 is 10.6. The van der Waals surface area contributed by atoms with Crippen molar-refractivity contribution < 1.29 is 19.1 Å². The van der Waals surface area contributed by atoms with Gasteiger partial charge in [-0.25, -0.2) is 0 Å². The molecule has 3 rings (SSSR count). The quantitative estimate of drug-likeness (QED) is 0.742. The molecule has 0 bridgehead atoms. The SMILES string of the molecule is COc1ccc(Cl)cc1CC(=O)O[C@@H](C)C(=O)N[C@@H]1CCCc2ccccc21. The Morgan fingerprint density at radius 3 is 2.82 bits per heavy atom. The first-order valence-electron chi connectivity index (χ1n) is 9.38. The maximum atomic E-state index is 12.6. The summed E-state index contributed by atoms with van der Waals surface area (Å²) in [7, 11) is 1.52. The van der Waals surface area contributed by atoms with E-state index in [4.69, 9.17) is 21.1 Å². The minimum atomic E-state index is -0.883. The van der Waals surface area contributed by atoms with Gasteiger partial charge in [0, 0.05) is 10.6 Å². The molecule has 1 amide bonds. The fourth-order valence-corrected chi connectivity index (χ4v) is 3.72. The molecule has 0 aromatic heterocycles. The molecule has 2 aromatic carbocycles. The average molecular weight is 402 g/mol. The van der Waals surface area contributed by atoms with Gasteiger partial charge in [0.15, 0.2) is 6.10 Å². The molecule has 1 N–H and O–H groups in total. The van der Waals surface area contributed by atoms with Crippen LogP contribution in [0.4, 0.5) is 0 Å². The third-order valence-corrected chi connectivity index (χ3v) is 5.18. The maximum absolute atomic E-state index is 12.6. The van der Waals surface area contributed by atoms with E-state index in [0.29, 0.717) is 16.3 Å². The van der Waals surface area contributed by atoms with Gasteiger partial charge >= 0.3 is 5.97 Å². The molecule has 1 aliphatic rings. The zero-order valence-corrected chi connectivity index (χ0v) is 16.8. The van der Waals surface area contributed by atoms with Crippen molar-refractivity contribution in [3.8, 4) is 5.75 Å². The van der Waals surface area contributed by atoms with Crippen molar-refractivity contribution in [3.63, 3.8) is 0 Å². The molecule has 0 aliphatic heterocycles. The highest BCUT2D eigenvalue weighted by atomic mass is 35.5. The van der Waals surface area contributed by atoms with Crippen LogP contribution in [0.15, 0.2) is 42.5 Å². The predicted molar refractivity (Wildman–Crippen MR) is 108 cm³/mol. The lowest BCUT2D eigenvalue weighted by Gasteiger charge is -2.27. The van der Waals surface area contributed by atoms with E-state index in [1.54, 1.807) is 25.1 Å². The number of hydrogen-bond acceptors (Lipinski definition) is 4. The number of amides is 1. The Bertz CT molecular complexity index is 867. The Hall–Kier alpha value is -2.53. The Morgan fingerprint density at radius 1 is 1.25 bits per heavy atom. The zero-order chi connectivity index (χ0) is 20.1. The van der Waals surface area contributed by atoms with Crippen molar-refractivity contribution in [2.45, 2.75) is 44.8 Å². The number of carbonyl (C=O) groups is 2. The van der Waals surface area contributed by atoms with Crippen LogP contribution in [0.3, 0.4) is 0 Å². The van der Waals surface area contributed by atoms with Crippen LogP contribution in [0.5, 0.6) is 5.75 Å². The van der Waals surface area contributed by atoms with Gasteiger partial charge < -0.3 is 14.8 Å². The van der Waals surface area contributed by atoms with E-state index in [1.165, 1.54) is 12.7 Å². The first-order valence-corrected chi connectivity index (χ1v) is 9.76. The van der Waals surface area contributed by atoms with Crippen molar-refractivity contribution >= 4 is 23.5 Å². The van der Waals surface area contributed by atoms with Crippen LogP contribution in [-0.2, 0) is 27.2 Å². The van der Waals surface area contributed by atoms with Crippen molar-refractivity contribution in [1.82, 2.24) is 5.32 Å². The van der Waals surface area contributed by atoms with E-state index in [9.17, 15) is 9.59 Å². The summed E-state index contributed by atoms with van der Waals surface area (Å²) in [6.45, 7) is 1.58. The third kappa shape index (κ3) is 4.84. The lowest BCUT2D eigenvalue weighted by molar-refractivity contribution is -0.154. The number of rotatable bonds is 6. The summed E-state index contributed by atoms with van der Waals surface area (Å²) in [5, 5.41) is 3.52. The molecule has 0 saturated carbocycles. The number of halogens is 1. The summed E-state index contributed by atoms with van der Waals surface area (Å²) in [5.74, 6) is -0.252. The van der Waals surface area contributed by atoms with Crippen LogP contribution in [0.1, 0.15) is 42.5 Å². The van der Waals surface area contributed by atoms with Crippen molar-refractivity contribution in [1.29, 1.82) is 0 Å². The van der Waals surface area contributed by atoms with E-state index < -0.39 is 12.1 Å². The molecule has 2 aromatic rings. The number of ether oxygens (including phenoxy) is 2. The molecule has 0 spiro atoms. The fraction of sp³-hybridized carbons (Fsp3) is 0.364. The summed E-state index contributed by atoms with van der Waals surface area (Å²) in [6, 6.07) is 13.1. The maximum Gasteiger partial charge on any atom is 0.311 e. The number of esters is 1. The normalized spacial score (nSPS) is 16.6. The summed E-state index contributed by atoms with van der Waals surface area (Å²) >= 11 is 5.99. The lowest BCUT2D eigenvalue weighted by Crippen LogP contribution is -2.39. The second-order valence-corrected chi connectivity index (χ2v) is 7.35. The number of aryl methyl sites for hydroxylation is 1. The molecular weight excluding hydrogens is 378 g/mol. The van der Waals surface area contributed by atoms with Crippen LogP contribution in [0.25, 0.3) is 0 Å². The molecule has 0 fully saturated rings. The Morgan fingerprint density at radius 2 is 2.04 bits per heavy atom. The molecule has 28 heavy (non-hydrogen) atoms. The van der Waals surface area contributed by atoms with Gasteiger partial charge in [-0.05, 0) is 55.5 Å². The molecule has 5 nitrogen and oxygen atoms in total. The molecule has 148 valence electrons. The van der Waals surface area contributed by atoms with Crippen molar-refractivity contribution in [3.05, 3.63) is 64.2 Å². The minimum absolute atomic E-state index is 0.0202. The highest BCUT2D eigenvalue weighted by Gasteiger charge is 2.25. The lowest BCUT2D eigenvalue weighted by atomic mass is 9.87. The molecule has 6 heteroatoms. The van der Waals surface area contributed by atoms with Crippen molar-refractivity contribution in [2.24, 2.45) is 0 Å². The topological polar surface area (TPSA) is 64.6 Å². The average Bonchev–Trinajstić information content (AvgIpc) is 2.68. The van der Waals surface area contributed by atoms with Crippen LogP contribution in [-0.4, -0.2) is 25.1 Å². The van der Waals surface area contributed by atoms with Gasteiger partial charge in [0.25, 0.3) is 5.91 Å². The molecule has 2 atom stereocenters. The van der Waals surface area contributed by atoms with Crippen LogP contribution >= 0.6 is 11.6 Å². The van der Waals surface area contributed by atoms with Gasteiger partial charge in [0.2, 0.25) is 0 Å². The molecule has 0 unspecified atom stereocenters. The first-order chi connectivity index (χ1) is 13.5. The van der Waals surface area contributed by atoms with Gasteiger partial charge in [-0.15, -0.1) is 0 Å². The monoisotopic (exact) mass is 401 g/mol. The van der Waals surface area contributed by atoms with Gasteiger partial charge in [0.1, 0.15) is 5.75 Å². The smallest absolute Gasteiger partial charge is 0.311 e. The number of fused-ring (bicyclic) bond motifs is 1. The third-order valence-electron chi connectivity index (χ3n) is 4.94. The van der Waals surface area contributed by atoms with Crippen molar-refractivity contribution in [2.75, 3.05) is 7.11 Å². The highest BCUT2D eigenvalue weighted by molar-refractivity contribution is 6.30. The van der Waals surface area contributed by atoms with E-state index in [0.717, 1.165) is 24.8 Å². The molecule has 0 radical (unpaired) electrons. The van der Waals surface area contributed by atoms with Gasteiger partial charge in [0.05, 0.1) is 19.6 Å². The number of carbonyl (C=O) groups excluding carboxylic acids is 2. The summed E-state index contributed by atoms with van der Waals surface area (Å²) in [5.41, 5.74) is 3.02. The van der Waals surface area contributed by atoms with Crippen LogP contribution in [0, 0.1) is 0 Å². The van der Waals surface area contributed by atoms with E-state index >= 15 is 0 Å². The molecule has 0 saturated heterocycles. The second-order valence-electron chi connectivity index (χ2n) is 6.92. The number of benzene rings is 2. The predicted octanol–water partition coefficient (Wildman–Crippen LogP) is 4.02. The highest BCUT2D eigenvalue weighted by Crippen LogP contribution is 2.29. The van der Waals surface area contributed by atoms with E-state index in [-0.39, 0.29) is 18.4 Å². The van der Waals surface area contributed by atoms with Crippen LogP contribution in [0.2, 0.25) is 5.02 Å². The Balaban J connectivity index is 1.59. The number of methoxy groups -OCH3 is 1. The number of nitrogens with one attached hydrogen (secondary N) is 1. The minimum Gasteiger partial charge on any atom is -0.496 e. The largest absolute Gasteiger partial charge is 0.496 e. The first kappa shape index (κ1) is 20.2. The van der Waals surface area contributed by atoms with E-state index in [2.05, 4.69) is 11.4 Å². The van der Waals surface area contributed by atoms with Gasteiger partial charge in [-0.1, -0.05) is 35.9 Å². The molecule has 0 heterocycles. The summed E-state index contributed by atoms with van der Waals surface area (Å²) in [6.07, 6.45) is 2.02. The fourth-order valence-electron chi connectivity index (χ4n) is 3.53. The standard InChI is InChI=1S/C22H24ClNO4/c1-14(28-21(25)13-16-12-17(23)10-11-20(16)27-2)22(26)24-19-9-5-7-15-6-3-4-8-18(15)19/h3-4,6,8,10-12,14,19H,5,7,9,13H2,1-2H3,(H,24,26)/t14-,19+/m0/s1.